The Hall–Kier alpha value is -3.62. The number of alkyl halides is 3. The molecule has 0 saturated carbocycles. The quantitative estimate of drug-likeness (QED) is 0.588. The van der Waals surface area contributed by atoms with Crippen molar-refractivity contribution in [2.24, 2.45) is 0 Å². The van der Waals surface area contributed by atoms with Gasteiger partial charge in [-0.3, -0.25) is 9.78 Å². The largest absolute Gasteiger partial charge is 0.416 e. The number of benzene rings is 2. The Labute approximate surface area is 170 Å². The van der Waals surface area contributed by atoms with E-state index in [4.69, 9.17) is 0 Å². The van der Waals surface area contributed by atoms with E-state index in [1.807, 2.05) is 18.2 Å². The molecule has 0 aliphatic heterocycles. The van der Waals surface area contributed by atoms with E-state index in [2.05, 4.69) is 20.9 Å². The third kappa shape index (κ3) is 5.25. The second-order valence-corrected chi connectivity index (χ2v) is 6.54. The average Bonchev–Trinajstić information content (AvgIpc) is 2.72. The molecule has 1 aromatic heterocycles. The molecule has 0 unspecified atom stereocenters. The molecule has 30 heavy (non-hydrogen) atoms. The number of fused-ring (bicyclic) bond motifs is 1. The zero-order valence-corrected chi connectivity index (χ0v) is 16.0. The number of amides is 3. The molecule has 0 atom stereocenters. The van der Waals surface area contributed by atoms with Gasteiger partial charge in [0, 0.05) is 30.9 Å². The van der Waals surface area contributed by atoms with E-state index in [0.717, 1.165) is 28.5 Å². The molecule has 0 bridgehead atoms. The number of pyridine rings is 1. The monoisotopic (exact) mass is 416 g/mol. The number of hydrogen-bond acceptors (Lipinski definition) is 3. The van der Waals surface area contributed by atoms with Gasteiger partial charge in [0.05, 0.1) is 5.56 Å². The molecule has 6 nitrogen and oxygen atoms in total. The highest BCUT2D eigenvalue weighted by atomic mass is 19.4. The van der Waals surface area contributed by atoms with E-state index in [-0.39, 0.29) is 11.6 Å². The summed E-state index contributed by atoms with van der Waals surface area (Å²) < 4.78 is 38.2. The van der Waals surface area contributed by atoms with Crippen LogP contribution in [-0.2, 0) is 12.6 Å². The third-order valence-electron chi connectivity index (χ3n) is 4.39. The van der Waals surface area contributed by atoms with Gasteiger partial charge in [-0.2, -0.15) is 13.2 Å². The Kier molecular flexibility index (Phi) is 6.20. The van der Waals surface area contributed by atoms with Gasteiger partial charge in [0.15, 0.2) is 0 Å². The Bertz CT molecular complexity index is 1080. The molecule has 0 aliphatic rings. The number of nitrogens with zero attached hydrogens (tertiary/aromatic N) is 1. The SMILES string of the molecule is CNC(=O)c1cc2ccc(CCNC(=O)Nc3cccc(C(F)(F)F)c3)cc2cn1. The highest BCUT2D eigenvalue weighted by Crippen LogP contribution is 2.30. The summed E-state index contributed by atoms with van der Waals surface area (Å²) in [6.07, 6.45) is -2.35. The zero-order valence-electron chi connectivity index (χ0n) is 16.0. The molecule has 3 aromatic rings. The normalized spacial score (nSPS) is 11.2. The molecule has 3 rings (SSSR count). The van der Waals surface area contributed by atoms with Gasteiger partial charge >= 0.3 is 12.2 Å². The van der Waals surface area contributed by atoms with Gasteiger partial charge in [-0.05, 0) is 47.7 Å². The number of urea groups is 1. The maximum Gasteiger partial charge on any atom is 0.416 e. The molecule has 3 amide bonds. The number of carbonyl (C=O) groups is 2. The van der Waals surface area contributed by atoms with Crippen LogP contribution in [0.2, 0.25) is 0 Å². The molecule has 0 radical (unpaired) electrons. The highest BCUT2D eigenvalue weighted by molar-refractivity contribution is 5.96. The van der Waals surface area contributed by atoms with Gasteiger partial charge < -0.3 is 16.0 Å². The summed E-state index contributed by atoms with van der Waals surface area (Å²) >= 11 is 0. The number of carbonyl (C=O) groups excluding carboxylic acids is 2. The molecule has 9 heteroatoms. The molecular formula is C21H19F3N4O2. The van der Waals surface area contributed by atoms with Crippen LogP contribution in [0.25, 0.3) is 10.8 Å². The minimum absolute atomic E-state index is 0.0611. The van der Waals surface area contributed by atoms with Crippen molar-refractivity contribution in [1.82, 2.24) is 15.6 Å². The number of rotatable bonds is 5. The van der Waals surface area contributed by atoms with Crippen molar-refractivity contribution in [2.75, 3.05) is 18.9 Å². The van der Waals surface area contributed by atoms with Crippen molar-refractivity contribution in [1.29, 1.82) is 0 Å². The number of aromatic nitrogens is 1. The highest BCUT2D eigenvalue weighted by Gasteiger charge is 2.30. The van der Waals surface area contributed by atoms with Gasteiger partial charge in [-0.1, -0.05) is 18.2 Å². The zero-order chi connectivity index (χ0) is 21.7. The number of hydrogen-bond donors (Lipinski definition) is 3. The summed E-state index contributed by atoms with van der Waals surface area (Å²) in [5.41, 5.74) is 0.498. The third-order valence-corrected chi connectivity index (χ3v) is 4.39. The van der Waals surface area contributed by atoms with Crippen molar-refractivity contribution < 1.29 is 22.8 Å². The Morgan fingerprint density at radius 2 is 1.83 bits per heavy atom. The summed E-state index contributed by atoms with van der Waals surface area (Å²) in [6.45, 7) is 0.292. The molecular weight excluding hydrogens is 397 g/mol. The van der Waals surface area contributed by atoms with Crippen LogP contribution in [-0.4, -0.2) is 30.5 Å². The smallest absolute Gasteiger partial charge is 0.354 e. The lowest BCUT2D eigenvalue weighted by Crippen LogP contribution is -2.30. The van der Waals surface area contributed by atoms with Gasteiger partial charge in [0.1, 0.15) is 5.69 Å². The number of halogens is 3. The molecule has 1 heterocycles. The van der Waals surface area contributed by atoms with E-state index >= 15 is 0 Å². The van der Waals surface area contributed by atoms with E-state index in [1.165, 1.54) is 19.2 Å². The summed E-state index contributed by atoms with van der Waals surface area (Å²) in [4.78, 5) is 27.7. The summed E-state index contributed by atoms with van der Waals surface area (Å²) in [6, 6.07) is 11.2. The maximum atomic E-state index is 12.7. The van der Waals surface area contributed by atoms with E-state index in [9.17, 15) is 22.8 Å². The van der Waals surface area contributed by atoms with Gasteiger partial charge in [-0.25, -0.2) is 4.79 Å². The lowest BCUT2D eigenvalue weighted by atomic mass is 10.1. The van der Waals surface area contributed by atoms with Gasteiger partial charge in [0.25, 0.3) is 5.91 Å². The van der Waals surface area contributed by atoms with Crippen LogP contribution in [0, 0.1) is 0 Å². The van der Waals surface area contributed by atoms with E-state index < -0.39 is 17.8 Å². The predicted octanol–water partition coefficient (Wildman–Crippen LogP) is 3.98. The average molecular weight is 416 g/mol. The second kappa shape index (κ2) is 8.81. The molecule has 3 N–H and O–H groups in total. The Morgan fingerprint density at radius 1 is 1.03 bits per heavy atom. The molecule has 0 spiro atoms. The summed E-state index contributed by atoms with van der Waals surface area (Å²) in [5.74, 6) is -0.267. The van der Waals surface area contributed by atoms with Crippen LogP contribution in [0.3, 0.4) is 0 Å². The standard InChI is InChI=1S/C21H19F3N4O2/c1-25-19(29)18-10-14-6-5-13(9-15(14)12-27-18)7-8-26-20(30)28-17-4-2-3-16(11-17)21(22,23)24/h2-6,9-12H,7-8H2,1H3,(H,25,29)(H2,26,28,30). The molecule has 0 fully saturated rings. The minimum Gasteiger partial charge on any atom is -0.354 e. The van der Waals surface area contributed by atoms with Crippen LogP contribution in [0.4, 0.5) is 23.7 Å². The van der Waals surface area contributed by atoms with Crippen LogP contribution >= 0.6 is 0 Å². The molecule has 0 saturated heterocycles. The molecule has 156 valence electrons. The first-order valence-electron chi connectivity index (χ1n) is 9.09. The van der Waals surface area contributed by atoms with Gasteiger partial charge in [-0.15, -0.1) is 0 Å². The second-order valence-electron chi connectivity index (χ2n) is 6.54. The summed E-state index contributed by atoms with van der Waals surface area (Å²) in [5, 5.41) is 9.25. The first-order valence-corrected chi connectivity index (χ1v) is 9.09. The van der Waals surface area contributed by atoms with Crippen molar-refractivity contribution in [2.45, 2.75) is 12.6 Å². The van der Waals surface area contributed by atoms with Crippen LogP contribution in [0.5, 0.6) is 0 Å². The fourth-order valence-electron chi connectivity index (χ4n) is 2.87. The fraction of sp³-hybridized carbons (Fsp3) is 0.190. The number of anilines is 1. The summed E-state index contributed by atoms with van der Waals surface area (Å²) in [7, 11) is 1.54. The first-order chi connectivity index (χ1) is 14.3. The van der Waals surface area contributed by atoms with Crippen LogP contribution in [0.1, 0.15) is 21.6 Å². The lowest BCUT2D eigenvalue weighted by Gasteiger charge is -2.11. The van der Waals surface area contributed by atoms with Crippen molar-refractivity contribution in [3.63, 3.8) is 0 Å². The van der Waals surface area contributed by atoms with Crippen LogP contribution < -0.4 is 16.0 Å². The minimum atomic E-state index is -4.47. The lowest BCUT2D eigenvalue weighted by molar-refractivity contribution is -0.137. The maximum absolute atomic E-state index is 12.7. The fourth-order valence-corrected chi connectivity index (χ4v) is 2.87. The Balaban J connectivity index is 1.56. The van der Waals surface area contributed by atoms with E-state index in [1.54, 1.807) is 12.3 Å². The first kappa shape index (κ1) is 21.1. The Morgan fingerprint density at radius 3 is 2.57 bits per heavy atom. The molecule has 2 aromatic carbocycles. The van der Waals surface area contributed by atoms with Crippen molar-refractivity contribution in [3.05, 3.63) is 71.5 Å². The topological polar surface area (TPSA) is 83.1 Å². The number of nitrogens with one attached hydrogen (secondary N) is 3. The van der Waals surface area contributed by atoms with Crippen LogP contribution in [0.15, 0.2) is 54.7 Å². The predicted molar refractivity (Wildman–Crippen MR) is 107 cm³/mol. The molecule has 0 aliphatic carbocycles. The van der Waals surface area contributed by atoms with E-state index in [0.29, 0.717) is 18.7 Å². The van der Waals surface area contributed by atoms with Gasteiger partial charge in [0.2, 0.25) is 0 Å². The van der Waals surface area contributed by atoms with Crippen molar-refractivity contribution >= 4 is 28.4 Å². The van der Waals surface area contributed by atoms with Crippen molar-refractivity contribution in [3.8, 4) is 0 Å².